The molecule has 2 aliphatic rings. The molecule has 0 fully saturated rings. The Bertz CT molecular complexity index is 1150. The maximum atomic E-state index is 13.4. The second-order valence-corrected chi connectivity index (χ2v) is 8.86. The number of aryl methyl sites for hydroxylation is 1. The fourth-order valence-corrected chi connectivity index (χ4v) is 5.43. The van der Waals surface area contributed by atoms with Crippen molar-refractivity contribution in [2.24, 2.45) is 5.92 Å². The molecule has 0 unspecified atom stereocenters. The Kier molecular flexibility index (Phi) is 5.19. The lowest BCUT2D eigenvalue weighted by atomic mass is 9.79. The van der Waals surface area contributed by atoms with Gasteiger partial charge in [0.15, 0.2) is 0 Å². The zero-order valence-corrected chi connectivity index (χ0v) is 18.7. The van der Waals surface area contributed by atoms with E-state index >= 15 is 0 Å². The van der Waals surface area contributed by atoms with Crippen molar-refractivity contribution in [2.45, 2.75) is 39.8 Å². The minimum absolute atomic E-state index is 0.106. The number of H-pyrrole nitrogens is 1. The first-order valence-electron chi connectivity index (χ1n) is 11.5. The van der Waals surface area contributed by atoms with E-state index in [-0.39, 0.29) is 11.8 Å². The highest BCUT2D eigenvalue weighted by Crippen LogP contribution is 2.42. The fraction of sp³-hybridized carbons (Fsp3) is 0.370. The number of nitrogens with one attached hydrogen (secondary N) is 1. The van der Waals surface area contributed by atoms with E-state index in [0.717, 1.165) is 32.6 Å². The van der Waals surface area contributed by atoms with E-state index in [1.807, 2.05) is 4.90 Å². The largest absolute Gasteiger partial charge is 0.361 e. The summed E-state index contributed by atoms with van der Waals surface area (Å²) in [4.78, 5) is 21.4. The minimum Gasteiger partial charge on any atom is -0.361 e. The number of aromatic amines is 1. The summed E-state index contributed by atoms with van der Waals surface area (Å²) >= 11 is 0. The molecule has 0 bridgehead atoms. The molecule has 0 radical (unpaired) electrons. The van der Waals surface area contributed by atoms with Gasteiger partial charge >= 0.3 is 0 Å². The van der Waals surface area contributed by atoms with Crippen molar-refractivity contribution in [3.63, 3.8) is 0 Å². The number of fused-ring (bicyclic) bond motifs is 2. The van der Waals surface area contributed by atoms with Gasteiger partial charge in [-0.25, -0.2) is 0 Å². The Morgan fingerprint density at radius 1 is 1.13 bits per heavy atom. The molecule has 3 aromatic rings. The van der Waals surface area contributed by atoms with E-state index in [4.69, 9.17) is 0 Å². The number of benzene rings is 2. The Labute approximate surface area is 184 Å². The number of carbonyl (C=O) groups is 1. The minimum atomic E-state index is -0.106. The molecule has 31 heavy (non-hydrogen) atoms. The molecule has 160 valence electrons. The summed E-state index contributed by atoms with van der Waals surface area (Å²) in [6.07, 6.45) is 5.44. The molecule has 0 saturated heterocycles. The lowest BCUT2D eigenvalue weighted by Gasteiger charge is -2.42. The van der Waals surface area contributed by atoms with E-state index in [2.05, 4.69) is 85.4 Å². The van der Waals surface area contributed by atoms with Crippen LogP contribution in [0.2, 0.25) is 0 Å². The monoisotopic (exact) mass is 413 g/mol. The predicted octanol–water partition coefficient (Wildman–Crippen LogP) is 4.78. The van der Waals surface area contributed by atoms with Crippen LogP contribution in [0.4, 0.5) is 0 Å². The summed E-state index contributed by atoms with van der Waals surface area (Å²) in [5.74, 6) is 0.142. The third-order valence-corrected chi connectivity index (χ3v) is 7.15. The van der Waals surface area contributed by atoms with Gasteiger partial charge in [-0.15, -0.1) is 0 Å². The topological polar surface area (TPSA) is 39.3 Å². The first-order valence-corrected chi connectivity index (χ1v) is 11.5. The summed E-state index contributed by atoms with van der Waals surface area (Å²) in [6, 6.07) is 15.4. The molecule has 0 spiro atoms. The predicted molar refractivity (Wildman–Crippen MR) is 127 cm³/mol. The van der Waals surface area contributed by atoms with Crippen molar-refractivity contribution in [1.29, 1.82) is 0 Å². The van der Waals surface area contributed by atoms with Gasteiger partial charge in [0, 0.05) is 49.3 Å². The van der Waals surface area contributed by atoms with Crippen molar-refractivity contribution in [1.82, 2.24) is 14.8 Å². The second kappa shape index (κ2) is 8.01. The van der Waals surface area contributed by atoms with Crippen LogP contribution in [0.15, 0.2) is 54.7 Å². The average Bonchev–Trinajstić information content (AvgIpc) is 3.21. The van der Waals surface area contributed by atoms with Crippen LogP contribution in [0, 0.1) is 12.8 Å². The molecular weight excluding hydrogens is 382 g/mol. The number of nitrogens with zero attached hydrogens (tertiary/aromatic N) is 2. The molecule has 0 saturated carbocycles. The van der Waals surface area contributed by atoms with Gasteiger partial charge in [-0.3, -0.25) is 9.69 Å². The summed E-state index contributed by atoms with van der Waals surface area (Å²) in [5, 5.41) is 1.33. The molecule has 1 aromatic heterocycles. The molecule has 4 nitrogen and oxygen atoms in total. The number of hydrogen-bond acceptors (Lipinski definition) is 2. The van der Waals surface area contributed by atoms with Gasteiger partial charge in [0.25, 0.3) is 0 Å². The van der Waals surface area contributed by atoms with Gasteiger partial charge in [0.2, 0.25) is 5.91 Å². The summed E-state index contributed by atoms with van der Waals surface area (Å²) in [7, 11) is 0. The fourth-order valence-electron chi connectivity index (χ4n) is 5.43. The van der Waals surface area contributed by atoms with Gasteiger partial charge in [0.05, 0.1) is 5.92 Å². The van der Waals surface area contributed by atoms with Crippen molar-refractivity contribution in [3.05, 3.63) is 77.0 Å². The normalized spacial score (nSPS) is 20.4. The Morgan fingerprint density at radius 3 is 2.71 bits per heavy atom. The highest BCUT2D eigenvalue weighted by molar-refractivity contribution is 5.99. The van der Waals surface area contributed by atoms with Crippen molar-refractivity contribution in [2.75, 3.05) is 19.6 Å². The quantitative estimate of drug-likeness (QED) is 0.654. The Balaban J connectivity index is 1.59. The van der Waals surface area contributed by atoms with Crippen LogP contribution in [0.1, 0.15) is 36.1 Å². The number of hydrogen-bond donors (Lipinski definition) is 1. The third-order valence-electron chi connectivity index (χ3n) is 7.15. The highest BCUT2D eigenvalue weighted by atomic mass is 16.2. The zero-order valence-electron chi connectivity index (χ0n) is 18.7. The van der Waals surface area contributed by atoms with Crippen molar-refractivity contribution in [3.8, 4) is 0 Å². The molecule has 1 amide bonds. The van der Waals surface area contributed by atoms with E-state index in [1.165, 1.54) is 38.7 Å². The maximum Gasteiger partial charge on any atom is 0.230 e. The van der Waals surface area contributed by atoms with Gasteiger partial charge in [-0.1, -0.05) is 42.5 Å². The van der Waals surface area contributed by atoms with E-state index in [1.54, 1.807) is 0 Å². The smallest absolute Gasteiger partial charge is 0.230 e. The van der Waals surface area contributed by atoms with Crippen LogP contribution < -0.4 is 0 Å². The molecule has 1 aliphatic carbocycles. The van der Waals surface area contributed by atoms with Gasteiger partial charge < -0.3 is 9.88 Å². The van der Waals surface area contributed by atoms with Crippen LogP contribution in [0.5, 0.6) is 0 Å². The van der Waals surface area contributed by atoms with Gasteiger partial charge in [0.1, 0.15) is 0 Å². The summed E-state index contributed by atoms with van der Waals surface area (Å²) in [5.41, 5.74) is 7.84. The Hall–Kier alpha value is -2.85. The number of carbonyl (C=O) groups excluding carboxylic acids is 1. The number of aromatic nitrogens is 1. The third kappa shape index (κ3) is 3.39. The SMILES string of the molecule is CCN(CC)C(=O)[C@H]1C=C2c3cccc4[nH]cc(c34)C[C@H]2N(Cc2ccccc2C)C1. The standard InChI is InChI=1S/C27H31N3O/c1-4-29(5-2)27(31)21-13-23-22-11-8-12-24-26(22)20(15-28-24)14-25(23)30(17-21)16-19-10-7-6-9-18(19)3/h6-13,15,21,25,28H,4-5,14,16-17H2,1-3H3/t21-,25+/m0/s1. The molecule has 4 heteroatoms. The number of rotatable bonds is 5. The molecule has 5 rings (SSSR count). The van der Waals surface area contributed by atoms with Crippen LogP contribution in [0.25, 0.3) is 16.5 Å². The second-order valence-electron chi connectivity index (χ2n) is 8.86. The molecule has 1 N–H and O–H groups in total. The average molecular weight is 414 g/mol. The van der Waals surface area contributed by atoms with Gasteiger partial charge in [-0.05, 0) is 61.1 Å². The summed E-state index contributed by atoms with van der Waals surface area (Å²) < 4.78 is 0. The lowest BCUT2D eigenvalue weighted by molar-refractivity contribution is -0.134. The Morgan fingerprint density at radius 2 is 1.94 bits per heavy atom. The molecule has 1 aliphatic heterocycles. The van der Waals surface area contributed by atoms with Crippen LogP contribution in [-0.4, -0.2) is 46.4 Å². The van der Waals surface area contributed by atoms with E-state index < -0.39 is 0 Å². The van der Waals surface area contributed by atoms with E-state index in [0.29, 0.717) is 6.04 Å². The van der Waals surface area contributed by atoms with Crippen LogP contribution >= 0.6 is 0 Å². The molecular formula is C27H31N3O. The van der Waals surface area contributed by atoms with E-state index in [9.17, 15) is 4.79 Å². The highest BCUT2D eigenvalue weighted by Gasteiger charge is 2.38. The summed E-state index contributed by atoms with van der Waals surface area (Å²) in [6.45, 7) is 9.47. The first kappa shape index (κ1) is 20.1. The van der Waals surface area contributed by atoms with Gasteiger partial charge in [-0.2, -0.15) is 0 Å². The zero-order chi connectivity index (χ0) is 21.5. The molecule has 2 heterocycles. The number of amides is 1. The van der Waals surface area contributed by atoms with Crippen molar-refractivity contribution < 1.29 is 4.79 Å². The maximum absolute atomic E-state index is 13.4. The molecule has 2 aromatic carbocycles. The lowest BCUT2D eigenvalue weighted by Crippen LogP contribution is -2.49. The van der Waals surface area contributed by atoms with Crippen LogP contribution in [-0.2, 0) is 17.8 Å². The van der Waals surface area contributed by atoms with Crippen molar-refractivity contribution >= 4 is 22.4 Å². The molecule has 2 atom stereocenters. The van der Waals surface area contributed by atoms with Crippen LogP contribution in [0.3, 0.4) is 0 Å². The first-order chi connectivity index (χ1) is 15.1.